The van der Waals surface area contributed by atoms with Gasteiger partial charge in [-0.25, -0.2) is 5.84 Å². The molecule has 0 fully saturated rings. The fraction of sp³-hybridized carbons (Fsp3) is 0.556. The number of nitrogen functional groups attached to an aromatic ring is 2. The van der Waals surface area contributed by atoms with Crippen LogP contribution in [0, 0.1) is 0 Å². The summed E-state index contributed by atoms with van der Waals surface area (Å²) in [5, 5.41) is 8.96. The number of anilines is 3. The first-order valence-corrected chi connectivity index (χ1v) is 5.18. The SMILES string of the molecule is CCCN(CCO)c1cc(NN)nc(N)n1. The lowest BCUT2D eigenvalue weighted by Gasteiger charge is -2.22. The molecule has 0 amide bonds. The van der Waals surface area contributed by atoms with Gasteiger partial charge in [-0.1, -0.05) is 6.92 Å². The Morgan fingerprint density at radius 2 is 2.19 bits per heavy atom. The molecule has 1 aromatic heterocycles. The number of hydrogen-bond donors (Lipinski definition) is 4. The van der Waals surface area contributed by atoms with Gasteiger partial charge in [-0.3, -0.25) is 0 Å². The van der Waals surface area contributed by atoms with Crippen LogP contribution in [0.25, 0.3) is 0 Å². The van der Waals surface area contributed by atoms with Gasteiger partial charge in [0, 0.05) is 19.2 Å². The molecule has 0 aromatic carbocycles. The second-order valence-corrected chi connectivity index (χ2v) is 3.32. The minimum atomic E-state index is 0.0648. The molecule has 0 radical (unpaired) electrons. The van der Waals surface area contributed by atoms with Crippen molar-refractivity contribution in [2.75, 3.05) is 35.8 Å². The van der Waals surface area contributed by atoms with Crippen LogP contribution < -0.4 is 21.9 Å². The lowest BCUT2D eigenvalue weighted by atomic mass is 10.3. The molecule has 1 heterocycles. The van der Waals surface area contributed by atoms with Crippen LogP contribution in [0.4, 0.5) is 17.6 Å². The molecular formula is C9H18N6O. The molecule has 1 rings (SSSR count). The van der Waals surface area contributed by atoms with Crippen molar-refractivity contribution in [3.63, 3.8) is 0 Å². The van der Waals surface area contributed by atoms with Crippen molar-refractivity contribution in [3.8, 4) is 0 Å². The molecule has 0 aliphatic carbocycles. The van der Waals surface area contributed by atoms with Gasteiger partial charge in [0.2, 0.25) is 5.95 Å². The molecule has 0 atom stereocenters. The van der Waals surface area contributed by atoms with Gasteiger partial charge in [-0.2, -0.15) is 9.97 Å². The van der Waals surface area contributed by atoms with Crippen molar-refractivity contribution in [2.24, 2.45) is 5.84 Å². The third kappa shape index (κ3) is 3.21. The minimum absolute atomic E-state index is 0.0648. The standard InChI is InChI=1S/C9H18N6O/c1-2-3-15(4-5-16)8-6-7(14-11)12-9(10)13-8/h6,16H,2-5,11H2,1H3,(H3,10,12,13,14). The molecule has 6 N–H and O–H groups in total. The van der Waals surface area contributed by atoms with Crippen LogP contribution in [0.2, 0.25) is 0 Å². The third-order valence-electron chi connectivity index (χ3n) is 2.07. The summed E-state index contributed by atoms with van der Waals surface area (Å²) < 4.78 is 0. The van der Waals surface area contributed by atoms with Crippen LogP contribution in [-0.2, 0) is 0 Å². The molecule has 0 spiro atoms. The molecule has 0 aliphatic heterocycles. The Balaban J connectivity index is 2.93. The Kier molecular flexibility index (Phi) is 4.74. The monoisotopic (exact) mass is 226 g/mol. The van der Waals surface area contributed by atoms with E-state index in [2.05, 4.69) is 22.3 Å². The maximum atomic E-state index is 8.96. The second kappa shape index (κ2) is 6.09. The van der Waals surface area contributed by atoms with Crippen molar-refractivity contribution >= 4 is 17.6 Å². The molecule has 0 saturated heterocycles. The van der Waals surface area contributed by atoms with Crippen LogP contribution >= 0.6 is 0 Å². The summed E-state index contributed by atoms with van der Waals surface area (Å²) in [4.78, 5) is 9.93. The second-order valence-electron chi connectivity index (χ2n) is 3.32. The molecule has 0 unspecified atom stereocenters. The molecule has 0 saturated carbocycles. The Hall–Kier alpha value is -1.60. The molecule has 7 heteroatoms. The number of aliphatic hydroxyl groups excluding tert-OH is 1. The van der Waals surface area contributed by atoms with E-state index in [1.807, 2.05) is 4.90 Å². The van der Waals surface area contributed by atoms with E-state index < -0.39 is 0 Å². The van der Waals surface area contributed by atoms with Crippen molar-refractivity contribution in [1.82, 2.24) is 9.97 Å². The molecule has 0 bridgehead atoms. The number of rotatable bonds is 6. The Morgan fingerprint density at radius 1 is 1.44 bits per heavy atom. The van der Waals surface area contributed by atoms with Crippen molar-refractivity contribution in [2.45, 2.75) is 13.3 Å². The number of hydrazine groups is 1. The number of nitrogens with one attached hydrogen (secondary N) is 1. The highest BCUT2D eigenvalue weighted by atomic mass is 16.3. The molecule has 16 heavy (non-hydrogen) atoms. The number of aromatic nitrogens is 2. The highest BCUT2D eigenvalue weighted by molar-refractivity contribution is 5.52. The Bertz CT molecular complexity index is 326. The largest absolute Gasteiger partial charge is 0.395 e. The van der Waals surface area contributed by atoms with Gasteiger partial charge in [-0.15, -0.1) is 0 Å². The highest BCUT2D eigenvalue weighted by Crippen LogP contribution is 2.16. The summed E-state index contributed by atoms with van der Waals surface area (Å²) in [5.41, 5.74) is 7.99. The molecular weight excluding hydrogens is 208 g/mol. The Morgan fingerprint density at radius 3 is 2.75 bits per heavy atom. The predicted octanol–water partition coefficient (Wildman–Crippen LogP) is -0.447. The normalized spacial score (nSPS) is 10.2. The number of nitrogens with two attached hydrogens (primary N) is 2. The number of hydrogen-bond acceptors (Lipinski definition) is 7. The van der Waals surface area contributed by atoms with Gasteiger partial charge >= 0.3 is 0 Å². The first-order chi connectivity index (χ1) is 7.71. The first-order valence-electron chi connectivity index (χ1n) is 5.18. The van der Waals surface area contributed by atoms with Crippen LogP contribution in [0.15, 0.2) is 6.07 Å². The van der Waals surface area contributed by atoms with E-state index in [4.69, 9.17) is 16.7 Å². The van der Waals surface area contributed by atoms with Crippen molar-refractivity contribution in [1.29, 1.82) is 0 Å². The van der Waals surface area contributed by atoms with Gasteiger partial charge < -0.3 is 21.2 Å². The van der Waals surface area contributed by atoms with Gasteiger partial charge in [0.1, 0.15) is 11.6 Å². The lowest BCUT2D eigenvalue weighted by Crippen LogP contribution is -2.29. The van der Waals surface area contributed by atoms with Gasteiger partial charge in [0.15, 0.2) is 0 Å². The smallest absolute Gasteiger partial charge is 0.223 e. The zero-order valence-electron chi connectivity index (χ0n) is 9.35. The minimum Gasteiger partial charge on any atom is -0.395 e. The fourth-order valence-electron chi connectivity index (χ4n) is 1.42. The molecule has 7 nitrogen and oxygen atoms in total. The van der Waals surface area contributed by atoms with E-state index in [0.29, 0.717) is 18.2 Å². The maximum absolute atomic E-state index is 8.96. The molecule has 0 aliphatic rings. The van der Waals surface area contributed by atoms with E-state index in [1.54, 1.807) is 6.07 Å². The summed E-state index contributed by atoms with van der Waals surface area (Å²) in [5.74, 6) is 6.55. The predicted molar refractivity (Wildman–Crippen MR) is 63.8 cm³/mol. The topological polar surface area (TPSA) is 113 Å². The zero-order valence-corrected chi connectivity index (χ0v) is 9.35. The summed E-state index contributed by atoms with van der Waals surface area (Å²) in [7, 11) is 0. The van der Waals surface area contributed by atoms with Crippen LogP contribution in [-0.4, -0.2) is 34.8 Å². The van der Waals surface area contributed by atoms with Crippen molar-refractivity contribution in [3.05, 3.63) is 6.07 Å². The summed E-state index contributed by atoms with van der Waals surface area (Å²) in [6.45, 7) is 3.42. The van der Waals surface area contributed by atoms with Crippen LogP contribution in [0.5, 0.6) is 0 Å². The first kappa shape index (κ1) is 12.5. The average molecular weight is 226 g/mol. The van der Waals surface area contributed by atoms with E-state index >= 15 is 0 Å². The summed E-state index contributed by atoms with van der Waals surface area (Å²) >= 11 is 0. The van der Waals surface area contributed by atoms with E-state index in [-0.39, 0.29) is 12.6 Å². The number of aliphatic hydroxyl groups is 1. The molecule has 90 valence electrons. The van der Waals surface area contributed by atoms with E-state index in [0.717, 1.165) is 13.0 Å². The zero-order chi connectivity index (χ0) is 12.0. The summed E-state index contributed by atoms with van der Waals surface area (Å²) in [6, 6.07) is 1.70. The lowest BCUT2D eigenvalue weighted by molar-refractivity contribution is 0.301. The van der Waals surface area contributed by atoms with Crippen molar-refractivity contribution < 1.29 is 5.11 Å². The third-order valence-corrected chi connectivity index (χ3v) is 2.07. The number of nitrogens with zero attached hydrogens (tertiary/aromatic N) is 3. The average Bonchev–Trinajstić information content (AvgIpc) is 2.28. The van der Waals surface area contributed by atoms with Crippen LogP contribution in [0.1, 0.15) is 13.3 Å². The highest BCUT2D eigenvalue weighted by Gasteiger charge is 2.09. The fourth-order valence-corrected chi connectivity index (χ4v) is 1.42. The molecule has 1 aromatic rings. The van der Waals surface area contributed by atoms with E-state index in [1.165, 1.54) is 0 Å². The summed E-state index contributed by atoms with van der Waals surface area (Å²) in [6.07, 6.45) is 0.954. The van der Waals surface area contributed by atoms with Gasteiger partial charge in [0.25, 0.3) is 0 Å². The van der Waals surface area contributed by atoms with E-state index in [9.17, 15) is 0 Å². The van der Waals surface area contributed by atoms with Gasteiger partial charge in [-0.05, 0) is 6.42 Å². The van der Waals surface area contributed by atoms with Crippen LogP contribution in [0.3, 0.4) is 0 Å². The van der Waals surface area contributed by atoms with Gasteiger partial charge in [0.05, 0.1) is 6.61 Å². The quantitative estimate of drug-likeness (QED) is 0.384. The maximum Gasteiger partial charge on any atom is 0.223 e. The Labute approximate surface area is 94.4 Å².